The summed E-state index contributed by atoms with van der Waals surface area (Å²) >= 11 is 5.53. The summed E-state index contributed by atoms with van der Waals surface area (Å²) in [6.45, 7) is 3.54. The normalized spacial score (nSPS) is 11.2. The molecule has 0 aromatic heterocycles. The van der Waals surface area contributed by atoms with Crippen LogP contribution in [0.5, 0.6) is 0 Å². The van der Waals surface area contributed by atoms with E-state index in [9.17, 15) is 4.79 Å². The van der Waals surface area contributed by atoms with Gasteiger partial charge in [-0.1, -0.05) is 0 Å². The van der Waals surface area contributed by atoms with Crippen LogP contribution in [-0.2, 0) is 0 Å². The number of alkyl halides is 1. The molecule has 1 N–H and O–H groups in total. The Kier molecular flexibility index (Phi) is 2.96. The summed E-state index contributed by atoms with van der Waals surface area (Å²) in [4.78, 5) is 11.6. The molecular weight excluding hydrogens is 154 g/mol. The molecule has 0 aliphatic carbocycles. The van der Waals surface area contributed by atoms with Crippen molar-refractivity contribution in [3.63, 3.8) is 0 Å². The molecule has 0 bridgehead atoms. The van der Waals surface area contributed by atoms with Crippen LogP contribution in [0.3, 0.4) is 0 Å². The molecule has 1 amide bonds. The molecule has 0 atom stereocenters. The Bertz CT molecular complexity index is 136. The highest BCUT2D eigenvalue weighted by Gasteiger charge is 2.25. The highest BCUT2D eigenvalue weighted by atomic mass is 35.5. The minimum atomic E-state index is -0.953. The predicted octanol–water partition coefficient (Wildman–Crippen LogP) is 1.61. The Balaban J connectivity index is 4.17. The fourth-order valence-electron chi connectivity index (χ4n) is 0.349. The lowest BCUT2D eigenvalue weighted by atomic mass is 10.1. The topological polar surface area (TPSA) is 40.5 Å². The maximum atomic E-state index is 10.4. The molecule has 0 unspecified atom stereocenters. The number of rotatable bonds is 2. The lowest BCUT2D eigenvalue weighted by Gasteiger charge is -2.31. The molecule has 0 fully saturated rings. The summed E-state index contributed by atoms with van der Waals surface area (Å²) in [5, 5.41) is 8.52. The Morgan fingerprint density at radius 1 is 1.70 bits per heavy atom. The minimum Gasteiger partial charge on any atom is -0.465 e. The summed E-state index contributed by atoms with van der Waals surface area (Å²) in [6, 6.07) is 0. The Morgan fingerprint density at radius 3 is 2.20 bits per heavy atom. The second-order valence-electron chi connectivity index (χ2n) is 2.79. The molecule has 3 nitrogen and oxygen atoms in total. The first kappa shape index (κ1) is 9.56. The summed E-state index contributed by atoms with van der Waals surface area (Å²) in [5.74, 6) is 0.301. The van der Waals surface area contributed by atoms with Crippen molar-refractivity contribution in [2.45, 2.75) is 19.4 Å². The maximum absolute atomic E-state index is 10.4. The Morgan fingerprint density at radius 2 is 2.10 bits per heavy atom. The number of carboxylic acid groups (broad SMARTS) is 1. The summed E-state index contributed by atoms with van der Waals surface area (Å²) in [5.41, 5.74) is -0.479. The lowest BCUT2D eigenvalue weighted by molar-refractivity contribution is 0.119. The van der Waals surface area contributed by atoms with E-state index < -0.39 is 11.6 Å². The van der Waals surface area contributed by atoms with Crippen molar-refractivity contribution in [1.82, 2.24) is 4.90 Å². The van der Waals surface area contributed by atoms with Gasteiger partial charge in [0, 0.05) is 12.9 Å². The van der Waals surface area contributed by atoms with Gasteiger partial charge in [-0.3, -0.25) is 0 Å². The van der Waals surface area contributed by atoms with Gasteiger partial charge in [-0.25, -0.2) is 4.79 Å². The molecule has 60 valence electrons. The number of carbonyl (C=O) groups is 1. The van der Waals surface area contributed by atoms with Crippen LogP contribution in [0.15, 0.2) is 0 Å². The summed E-state index contributed by atoms with van der Waals surface area (Å²) < 4.78 is 0. The highest BCUT2D eigenvalue weighted by Crippen LogP contribution is 2.13. The fourth-order valence-corrected chi connectivity index (χ4v) is 0.528. The molecule has 0 aliphatic heterocycles. The number of nitrogens with zero attached hydrogens (tertiary/aromatic N) is 1. The molecule has 0 saturated heterocycles. The van der Waals surface area contributed by atoms with Gasteiger partial charge >= 0.3 is 6.09 Å². The first-order chi connectivity index (χ1) is 4.41. The van der Waals surface area contributed by atoms with E-state index in [2.05, 4.69) is 0 Å². The Hall–Kier alpha value is -0.440. The van der Waals surface area contributed by atoms with Crippen molar-refractivity contribution in [3.05, 3.63) is 0 Å². The summed E-state index contributed by atoms with van der Waals surface area (Å²) in [6.07, 6.45) is -0.953. The van der Waals surface area contributed by atoms with Gasteiger partial charge < -0.3 is 10.0 Å². The standard InChI is InChI=1S/C6H12ClNO2/c1-6(2,4-7)8(3)5(9)10/h4H2,1-3H3,(H,9,10). The molecule has 10 heavy (non-hydrogen) atoms. The van der Waals surface area contributed by atoms with E-state index in [1.807, 2.05) is 0 Å². The molecule has 0 heterocycles. The predicted molar refractivity (Wildman–Crippen MR) is 40.6 cm³/mol. The van der Waals surface area contributed by atoms with Crippen molar-refractivity contribution in [2.75, 3.05) is 12.9 Å². The van der Waals surface area contributed by atoms with Gasteiger partial charge in [0.05, 0.1) is 5.54 Å². The van der Waals surface area contributed by atoms with E-state index in [1.165, 1.54) is 11.9 Å². The fraction of sp³-hybridized carbons (Fsp3) is 0.833. The van der Waals surface area contributed by atoms with Crippen molar-refractivity contribution < 1.29 is 9.90 Å². The second kappa shape index (κ2) is 3.10. The molecule has 0 rings (SSSR count). The van der Waals surface area contributed by atoms with Gasteiger partial charge in [-0.15, -0.1) is 11.6 Å². The molecule has 0 saturated carbocycles. The molecule has 0 aliphatic rings. The number of hydrogen-bond acceptors (Lipinski definition) is 1. The van der Waals surface area contributed by atoms with Crippen LogP contribution in [-0.4, -0.2) is 34.6 Å². The van der Waals surface area contributed by atoms with Crippen LogP contribution >= 0.6 is 11.6 Å². The molecule has 0 aromatic carbocycles. The van der Waals surface area contributed by atoms with E-state index in [-0.39, 0.29) is 0 Å². The average molecular weight is 166 g/mol. The third-order valence-corrected chi connectivity index (χ3v) is 2.18. The first-order valence-corrected chi connectivity index (χ1v) is 3.48. The SMILES string of the molecule is CN(C(=O)O)C(C)(C)CCl. The quantitative estimate of drug-likeness (QED) is 0.632. The van der Waals surface area contributed by atoms with E-state index in [4.69, 9.17) is 16.7 Å². The third kappa shape index (κ3) is 2.06. The zero-order valence-corrected chi connectivity index (χ0v) is 7.14. The van der Waals surface area contributed by atoms with E-state index >= 15 is 0 Å². The van der Waals surface area contributed by atoms with E-state index in [0.29, 0.717) is 5.88 Å². The van der Waals surface area contributed by atoms with Crippen LogP contribution in [0.1, 0.15) is 13.8 Å². The smallest absolute Gasteiger partial charge is 0.407 e. The van der Waals surface area contributed by atoms with Crippen LogP contribution in [0.2, 0.25) is 0 Å². The van der Waals surface area contributed by atoms with Gasteiger partial charge in [-0.05, 0) is 13.8 Å². The van der Waals surface area contributed by atoms with Gasteiger partial charge in [-0.2, -0.15) is 0 Å². The van der Waals surface area contributed by atoms with Crippen molar-refractivity contribution in [1.29, 1.82) is 0 Å². The van der Waals surface area contributed by atoms with E-state index in [1.54, 1.807) is 13.8 Å². The van der Waals surface area contributed by atoms with Crippen LogP contribution < -0.4 is 0 Å². The molecule has 0 radical (unpaired) electrons. The van der Waals surface area contributed by atoms with Crippen molar-refractivity contribution in [3.8, 4) is 0 Å². The van der Waals surface area contributed by atoms with Gasteiger partial charge in [0.15, 0.2) is 0 Å². The van der Waals surface area contributed by atoms with Gasteiger partial charge in [0.2, 0.25) is 0 Å². The van der Waals surface area contributed by atoms with E-state index in [0.717, 1.165) is 0 Å². The summed E-state index contributed by atoms with van der Waals surface area (Å²) in [7, 11) is 1.50. The monoisotopic (exact) mass is 165 g/mol. The third-order valence-electron chi connectivity index (χ3n) is 1.52. The number of halogens is 1. The van der Waals surface area contributed by atoms with Gasteiger partial charge in [0.1, 0.15) is 0 Å². The zero-order chi connectivity index (χ0) is 8.36. The highest BCUT2D eigenvalue weighted by molar-refractivity contribution is 6.18. The maximum Gasteiger partial charge on any atom is 0.407 e. The molecule has 4 heteroatoms. The second-order valence-corrected chi connectivity index (χ2v) is 3.05. The molecule has 0 spiro atoms. The zero-order valence-electron chi connectivity index (χ0n) is 6.39. The van der Waals surface area contributed by atoms with Crippen molar-refractivity contribution >= 4 is 17.7 Å². The number of hydrogen-bond donors (Lipinski definition) is 1. The number of amides is 1. The Labute approximate surface area is 65.6 Å². The minimum absolute atomic E-state index is 0.301. The average Bonchev–Trinajstić information content (AvgIpc) is 1.86. The van der Waals surface area contributed by atoms with Crippen molar-refractivity contribution in [2.24, 2.45) is 0 Å². The van der Waals surface area contributed by atoms with Crippen LogP contribution in [0, 0.1) is 0 Å². The van der Waals surface area contributed by atoms with Crippen LogP contribution in [0.4, 0.5) is 4.79 Å². The first-order valence-electron chi connectivity index (χ1n) is 2.94. The van der Waals surface area contributed by atoms with Crippen LogP contribution in [0.25, 0.3) is 0 Å². The molecular formula is C6H12ClNO2. The molecule has 0 aromatic rings. The van der Waals surface area contributed by atoms with Gasteiger partial charge in [0.25, 0.3) is 0 Å². The largest absolute Gasteiger partial charge is 0.465 e. The lowest BCUT2D eigenvalue weighted by Crippen LogP contribution is -2.45.